The lowest BCUT2D eigenvalue weighted by atomic mass is 9.97. The van der Waals surface area contributed by atoms with Crippen LogP contribution in [-0.4, -0.2) is 43.5 Å². The number of nitrogens with zero attached hydrogens (tertiary/aromatic N) is 1. The van der Waals surface area contributed by atoms with Gasteiger partial charge in [-0.1, -0.05) is 6.07 Å². The molecule has 0 atom stereocenters. The lowest BCUT2D eigenvalue weighted by molar-refractivity contribution is -0.147. The molecule has 0 spiro atoms. The molecule has 120 valence electrons. The number of benzene rings is 1. The van der Waals surface area contributed by atoms with Crippen molar-refractivity contribution in [1.29, 1.82) is 0 Å². The second kappa shape index (κ2) is 7.40. The third-order valence-corrected chi connectivity index (χ3v) is 3.99. The highest BCUT2D eigenvalue weighted by Gasteiger charge is 2.26. The van der Waals surface area contributed by atoms with Crippen LogP contribution in [0.3, 0.4) is 0 Å². The number of hydrogen-bond donors (Lipinski definition) is 1. The smallest absolute Gasteiger partial charge is 0.308 e. The number of esters is 1. The highest BCUT2D eigenvalue weighted by atomic mass is 16.5. The fraction of sp³-hybridized carbons (Fsp3) is 0.529. The van der Waals surface area contributed by atoms with Gasteiger partial charge in [-0.2, -0.15) is 0 Å². The summed E-state index contributed by atoms with van der Waals surface area (Å²) in [6, 6.07) is 6.01. The zero-order valence-electron chi connectivity index (χ0n) is 13.5. The summed E-state index contributed by atoms with van der Waals surface area (Å²) in [4.78, 5) is 25.7. The maximum atomic E-state index is 12.1. The number of amides is 1. The summed E-state index contributed by atoms with van der Waals surface area (Å²) < 4.78 is 4.77. The number of carbonyl (C=O) groups excluding carboxylic acids is 2. The Morgan fingerprint density at radius 3 is 2.32 bits per heavy atom. The highest BCUT2D eigenvalue weighted by Crippen LogP contribution is 2.18. The van der Waals surface area contributed by atoms with Crippen LogP contribution in [-0.2, 0) is 14.3 Å². The molecule has 5 heteroatoms. The van der Waals surface area contributed by atoms with Crippen molar-refractivity contribution in [3.8, 4) is 0 Å². The summed E-state index contributed by atoms with van der Waals surface area (Å²) in [5.74, 6) is -0.176. The molecule has 1 aliphatic heterocycles. The van der Waals surface area contributed by atoms with Gasteiger partial charge in [0.15, 0.2) is 0 Å². The van der Waals surface area contributed by atoms with Gasteiger partial charge in [0.2, 0.25) is 5.91 Å². The van der Waals surface area contributed by atoms with E-state index in [1.807, 2.05) is 26.0 Å². The van der Waals surface area contributed by atoms with Crippen molar-refractivity contribution in [2.75, 3.05) is 32.1 Å². The van der Waals surface area contributed by atoms with E-state index in [1.54, 1.807) is 0 Å². The van der Waals surface area contributed by atoms with Crippen molar-refractivity contribution in [3.05, 3.63) is 29.3 Å². The Morgan fingerprint density at radius 1 is 1.18 bits per heavy atom. The molecule has 1 N–H and O–H groups in total. The van der Waals surface area contributed by atoms with Crippen LogP contribution in [0, 0.1) is 19.8 Å². The van der Waals surface area contributed by atoms with Gasteiger partial charge in [-0.05, 0) is 63.0 Å². The van der Waals surface area contributed by atoms with E-state index < -0.39 is 0 Å². The minimum Gasteiger partial charge on any atom is -0.469 e. The number of hydrogen-bond acceptors (Lipinski definition) is 4. The molecule has 5 nitrogen and oxygen atoms in total. The molecular weight excluding hydrogens is 280 g/mol. The normalized spacial score (nSPS) is 16.3. The Labute approximate surface area is 131 Å². The van der Waals surface area contributed by atoms with E-state index in [-0.39, 0.29) is 17.8 Å². The maximum absolute atomic E-state index is 12.1. The summed E-state index contributed by atoms with van der Waals surface area (Å²) in [7, 11) is 1.42. The van der Waals surface area contributed by atoms with Gasteiger partial charge in [0.25, 0.3) is 0 Å². The molecule has 2 rings (SSSR count). The van der Waals surface area contributed by atoms with Crippen LogP contribution in [0.15, 0.2) is 18.2 Å². The molecule has 1 saturated heterocycles. The van der Waals surface area contributed by atoms with Crippen molar-refractivity contribution in [2.24, 2.45) is 5.92 Å². The zero-order chi connectivity index (χ0) is 16.1. The largest absolute Gasteiger partial charge is 0.469 e. The highest BCUT2D eigenvalue weighted by molar-refractivity contribution is 5.92. The van der Waals surface area contributed by atoms with Gasteiger partial charge in [0.1, 0.15) is 0 Å². The topological polar surface area (TPSA) is 58.6 Å². The van der Waals surface area contributed by atoms with Crippen LogP contribution in [0.4, 0.5) is 5.69 Å². The number of likely N-dealkylation sites (tertiary alicyclic amines) is 1. The van der Waals surface area contributed by atoms with Gasteiger partial charge in [0.05, 0.1) is 19.6 Å². The average molecular weight is 304 g/mol. The Bertz CT molecular complexity index is 529. The Kier molecular flexibility index (Phi) is 5.55. The molecule has 0 saturated carbocycles. The fourth-order valence-electron chi connectivity index (χ4n) is 2.94. The SMILES string of the molecule is COC(=O)C1CCN(CC(=O)Nc2cc(C)cc(C)c2)CC1. The van der Waals surface area contributed by atoms with Crippen molar-refractivity contribution >= 4 is 17.6 Å². The van der Waals surface area contributed by atoms with Crippen molar-refractivity contribution < 1.29 is 14.3 Å². The molecule has 0 radical (unpaired) electrons. The van der Waals surface area contributed by atoms with Crippen molar-refractivity contribution in [2.45, 2.75) is 26.7 Å². The quantitative estimate of drug-likeness (QED) is 0.866. The number of piperidine rings is 1. The van der Waals surface area contributed by atoms with E-state index in [4.69, 9.17) is 4.74 Å². The van der Waals surface area contributed by atoms with Gasteiger partial charge in [-0.25, -0.2) is 0 Å². The first kappa shape index (κ1) is 16.5. The lowest BCUT2D eigenvalue weighted by Gasteiger charge is -2.29. The Hall–Kier alpha value is -1.88. The van der Waals surface area contributed by atoms with E-state index in [2.05, 4.69) is 16.3 Å². The molecule has 0 aromatic heterocycles. The van der Waals surface area contributed by atoms with Gasteiger partial charge < -0.3 is 10.1 Å². The molecule has 1 aromatic rings. The average Bonchev–Trinajstić information content (AvgIpc) is 2.46. The predicted octanol–water partition coefficient (Wildman–Crippen LogP) is 2.13. The standard InChI is InChI=1S/C17H24N2O3/c1-12-8-13(2)10-15(9-12)18-16(20)11-19-6-4-14(5-7-19)17(21)22-3/h8-10,14H,4-7,11H2,1-3H3,(H,18,20). The first-order valence-electron chi connectivity index (χ1n) is 7.66. The molecule has 0 unspecified atom stereocenters. The molecule has 0 bridgehead atoms. The predicted molar refractivity (Wildman–Crippen MR) is 85.7 cm³/mol. The third-order valence-electron chi connectivity index (χ3n) is 3.99. The molecule has 1 aromatic carbocycles. The van der Waals surface area contributed by atoms with Gasteiger partial charge in [-0.3, -0.25) is 14.5 Å². The first-order valence-corrected chi connectivity index (χ1v) is 7.66. The molecule has 1 heterocycles. The van der Waals surface area contributed by atoms with Crippen LogP contribution in [0.5, 0.6) is 0 Å². The molecule has 1 fully saturated rings. The number of ether oxygens (including phenoxy) is 1. The molecule has 22 heavy (non-hydrogen) atoms. The summed E-state index contributed by atoms with van der Waals surface area (Å²) in [5, 5.41) is 2.94. The van der Waals surface area contributed by atoms with Gasteiger partial charge in [0, 0.05) is 5.69 Å². The summed E-state index contributed by atoms with van der Waals surface area (Å²) in [5.41, 5.74) is 3.11. The van der Waals surface area contributed by atoms with E-state index in [0.29, 0.717) is 6.54 Å². The van der Waals surface area contributed by atoms with Gasteiger partial charge >= 0.3 is 5.97 Å². The van der Waals surface area contributed by atoms with Crippen molar-refractivity contribution in [1.82, 2.24) is 4.90 Å². The first-order chi connectivity index (χ1) is 10.5. The lowest BCUT2D eigenvalue weighted by Crippen LogP contribution is -2.41. The molecule has 0 aliphatic carbocycles. The Balaban J connectivity index is 1.82. The monoisotopic (exact) mass is 304 g/mol. The van der Waals surface area contributed by atoms with Crippen LogP contribution in [0.25, 0.3) is 0 Å². The van der Waals surface area contributed by atoms with E-state index in [1.165, 1.54) is 7.11 Å². The minimum absolute atomic E-state index is 0.0125. The third kappa shape index (κ3) is 4.56. The van der Waals surface area contributed by atoms with E-state index in [9.17, 15) is 9.59 Å². The van der Waals surface area contributed by atoms with Crippen molar-refractivity contribution in [3.63, 3.8) is 0 Å². The van der Waals surface area contributed by atoms with Gasteiger partial charge in [-0.15, -0.1) is 0 Å². The van der Waals surface area contributed by atoms with E-state index in [0.717, 1.165) is 42.7 Å². The number of anilines is 1. The number of carbonyl (C=O) groups is 2. The van der Waals surface area contributed by atoms with E-state index >= 15 is 0 Å². The number of nitrogens with one attached hydrogen (secondary N) is 1. The van der Waals surface area contributed by atoms with Crippen LogP contribution < -0.4 is 5.32 Å². The molecular formula is C17H24N2O3. The minimum atomic E-state index is -0.140. The number of rotatable bonds is 4. The second-order valence-corrected chi connectivity index (χ2v) is 6.00. The summed E-state index contributed by atoms with van der Waals surface area (Å²) in [6.07, 6.45) is 1.51. The van der Waals surface area contributed by atoms with Crippen LogP contribution in [0.1, 0.15) is 24.0 Å². The van der Waals surface area contributed by atoms with Crippen LogP contribution >= 0.6 is 0 Å². The zero-order valence-corrected chi connectivity index (χ0v) is 13.5. The number of aryl methyl sites for hydroxylation is 2. The fourth-order valence-corrected chi connectivity index (χ4v) is 2.94. The molecule has 1 aliphatic rings. The second-order valence-electron chi connectivity index (χ2n) is 6.00. The Morgan fingerprint density at radius 2 is 1.77 bits per heavy atom. The number of methoxy groups -OCH3 is 1. The maximum Gasteiger partial charge on any atom is 0.308 e. The molecule has 1 amide bonds. The summed E-state index contributed by atoms with van der Waals surface area (Å²) in [6.45, 7) is 5.89. The summed E-state index contributed by atoms with van der Waals surface area (Å²) >= 11 is 0. The van der Waals surface area contributed by atoms with Crippen LogP contribution in [0.2, 0.25) is 0 Å².